The van der Waals surface area contributed by atoms with Crippen LogP contribution in [0.25, 0.3) is 0 Å². The molecule has 1 aromatic heterocycles. The lowest BCUT2D eigenvalue weighted by Crippen LogP contribution is -2.14. The number of alkyl halides is 1. The zero-order valence-corrected chi connectivity index (χ0v) is 7.44. The van der Waals surface area contributed by atoms with E-state index >= 15 is 0 Å². The maximum Gasteiger partial charge on any atom is 0.344 e. The summed E-state index contributed by atoms with van der Waals surface area (Å²) < 4.78 is 14.4. The molecule has 0 aromatic carbocycles. The molecule has 1 atom stereocenters. The van der Waals surface area contributed by atoms with Gasteiger partial charge in [-0.1, -0.05) is 0 Å². The van der Waals surface area contributed by atoms with Crippen molar-refractivity contribution in [2.24, 2.45) is 0 Å². The summed E-state index contributed by atoms with van der Waals surface area (Å²) in [6.07, 6.45) is -0.602. The van der Waals surface area contributed by atoms with Crippen molar-refractivity contribution in [3.05, 3.63) is 18.0 Å². The third-order valence-electron chi connectivity index (χ3n) is 1.67. The quantitative estimate of drug-likeness (QED) is 0.779. The fourth-order valence-electron chi connectivity index (χ4n) is 1.08. The van der Waals surface area contributed by atoms with Crippen molar-refractivity contribution in [2.75, 3.05) is 0 Å². The largest absolute Gasteiger partial charge is 0.479 e. The van der Waals surface area contributed by atoms with Gasteiger partial charge in [0.25, 0.3) is 0 Å². The fraction of sp³-hybridized carbons (Fsp3) is 0.500. The molecule has 0 radical (unpaired) electrons. The molecule has 1 aromatic rings. The van der Waals surface area contributed by atoms with Crippen LogP contribution in [-0.4, -0.2) is 20.9 Å². The zero-order valence-electron chi connectivity index (χ0n) is 7.44. The lowest BCUT2D eigenvalue weighted by atomic mass is 10.2. The molecular formula is C8H11FN2O2. The number of aromatic nitrogens is 2. The van der Waals surface area contributed by atoms with Crippen LogP contribution in [0.5, 0.6) is 0 Å². The second kappa shape index (κ2) is 3.55. The Balaban J connectivity index is 3.00. The first-order valence-electron chi connectivity index (χ1n) is 3.94. The van der Waals surface area contributed by atoms with Crippen molar-refractivity contribution in [2.45, 2.75) is 26.1 Å². The van der Waals surface area contributed by atoms with E-state index in [2.05, 4.69) is 5.10 Å². The van der Waals surface area contributed by atoms with Gasteiger partial charge >= 0.3 is 5.97 Å². The Bertz CT molecular complexity index is 309. The Kier molecular flexibility index (Phi) is 2.65. The van der Waals surface area contributed by atoms with Crippen LogP contribution >= 0.6 is 0 Å². The molecule has 0 aliphatic rings. The number of nitrogens with zero attached hydrogens (tertiary/aromatic N) is 2. The molecule has 0 fully saturated rings. The smallest absolute Gasteiger partial charge is 0.344 e. The first kappa shape index (κ1) is 9.70. The van der Waals surface area contributed by atoms with Crippen LogP contribution in [0.1, 0.15) is 31.8 Å². The molecule has 0 saturated carbocycles. The zero-order chi connectivity index (χ0) is 10.0. The van der Waals surface area contributed by atoms with E-state index in [1.165, 1.54) is 16.9 Å². The Hall–Kier alpha value is -1.39. The van der Waals surface area contributed by atoms with Gasteiger partial charge in [0, 0.05) is 12.2 Å². The van der Waals surface area contributed by atoms with Gasteiger partial charge in [0.2, 0.25) is 6.17 Å². The van der Waals surface area contributed by atoms with Gasteiger partial charge in [-0.2, -0.15) is 5.10 Å². The van der Waals surface area contributed by atoms with Gasteiger partial charge in [-0.05, 0) is 19.9 Å². The molecule has 0 saturated heterocycles. The summed E-state index contributed by atoms with van der Waals surface area (Å²) in [5.74, 6) is -1.48. The van der Waals surface area contributed by atoms with E-state index in [-0.39, 0.29) is 11.7 Å². The summed E-state index contributed by atoms with van der Waals surface area (Å²) >= 11 is 0. The number of hydrogen-bond donors (Lipinski definition) is 1. The van der Waals surface area contributed by atoms with Gasteiger partial charge in [0.05, 0.1) is 5.69 Å². The number of halogens is 1. The molecule has 1 N–H and O–H groups in total. The molecule has 0 bridgehead atoms. The Morgan fingerprint density at radius 3 is 2.77 bits per heavy atom. The SMILES string of the molecule is CC(C)n1nccc1C(F)C(=O)O. The minimum atomic E-state index is -2.00. The minimum Gasteiger partial charge on any atom is -0.479 e. The van der Waals surface area contributed by atoms with Gasteiger partial charge in [-0.15, -0.1) is 0 Å². The van der Waals surface area contributed by atoms with Crippen LogP contribution in [0.2, 0.25) is 0 Å². The highest BCUT2D eigenvalue weighted by Crippen LogP contribution is 2.19. The van der Waals surface area contributed by atoms with Gasteiger partial charge in [-0.25, -0.2) is 9.18 Å². The minimum absolute atomic E-state index is 0.0393. The second-order valence-electron chi connectivity index (χ2n) is 3.00. The predicted molar refractivity (Wildman–Crippen MR) is 44.1 cm³/mol. The first-order chi connectivity index (χ1) is 6.04. The van der Waals surface area contributed by atoms with Crippen LogP contribution < -0.4 is 0 Å². The summed E-state index contributed by atoms with van der Waals surface area (Å²) in [6, 6.07) is 1.33. The highest BCUT2D eigenvalue weighted by molar-refractivity contribution is 5.73. The number of hydrogen-bond acceptors (Lipinski definition) is 2. The van der Waals surface area contributed by atoms with E-state index in [0.717, 1.165) is 0 Å². The third-order valence-corrected chi connectivity index (χ3v) is 1.67. The van der Waals surface area contributed by atoms with Crippen molar-refractivity contribution in [3.63, 3.8) is 0 Å². The molecular weight excluding hydrogens is 175 g/mol. The van der Waals surface area contributed by atoms with Crippen LogP contribution in [0.4, 0.5) is 4.39 Å². The molecule has 5 heteroatoms. The van der Waals surface area contributed by atoms with Crippen LogP contribution in [0.3, 0.4) is 0 Å². The van der Waals surface area contributed by atoms with E-state index in [9.17, 15) is 9.18 Å². The van der Waals surface area contributed by atoms with E-state index in [4.69, 9.17) is 5.11 Å². The highest BCUT2D eigenvalue weighted by atomic mass is 19.1. The molecule has 0 spiro atoms. The highest BCUT2D eigenvalue weighted by Gasteiger charge is 2.23. The van der Waals surface area contributed by atoms with Crippen LogP contribution in [-0.2, 0) is 4.79 Å². The van der Waals surface area contributed by atoms with Crippen molar-refractivity contribution in [1.29, 1.82) is 0 Å². The van der Waals surface area contributed by atoms with Crippen molar-refractivity contribution in [3.8, 4) is 0 Å². The topological polar surface area (TPSA) is 55.1 Å². The fourth-order valence-corrected chi connectivity index (χ4v) is 1.08. The number of carbonyl (C=O) groups is 1. The summed E-state index contributed by atoms with van der Waals surface area (Å²) in [5, 5.41) is 12.3. The summed E-state index contributed by atoms with van der Waals surface area (Å²) in [4.78, 5) is 10.4. The number of rotatable bonds is 3. The third kappa shape index (κ3) is 1.85. The van der Waals surface area contributed by atoms with E-state index in [1.807, 2.05) is 13.8 Å². The maximum absolute atomic E-state index is 13.1. The summed E-state index contributed by atoms with van der Waals surface area (Å²) in [7, 11) is 0. The molecule has 1 heterocycles. The molecule has 72 valence electrons. The molecule has 0 aliphatic carbocycles. The Labute approximate surface area is 75.0 Å². The van der Waals surface area contributed by atoms with E-state index < -0.39 is 12.1 Å². The summed E-state index contributed by atoms with van der Waals surface area (Å²) in [6.45, 7) is 3.62. The molecule has 13 heavy (non-hydrogen) atoms. The summed E-state index contributed by atoms with van der Waals surface area (Å²) in [5.41, 5.74) is 0.0856. The first-order valence-corrected chi connectivity index (χ1v) is 3.94. The van der Waals surface area contributed by atoms with Crippen LogP contribution in [0.15, 0.2) is 12.3 Å². The second-order valence-corrected chi connectivity index (χ2v) is 3.00. The standard InChI is InChI=1S/C8H11FN2O2/c1-5(2)11-6(3-4-10-11)7(9)8(12)13/h3-5,7H,1-2H3,(H,12,13). The normalized spacial score (nSPS) is 13.2. The van der Waals surface area contributed by atoms with Gasteiger partial charge in [-0.3, -0.25) is 4.68 Å². The Morgan fingerprint density at radius 1 is 1.69 bits per heavy atom. The van der Waals surface area contributed by atoms with Gasteiger partial charge in [0.1, 0.15) is 0 Å². The maximum atomic E-state index is 13.1. The molecule has 0 aliphatic heterocycles. The Morgan fingerprint density at radius 2 is 2.31 bits per heavy atom. The predicted octanol–water partition coefficient (Wildman–Crippen LogP) is 1.56. The number of aliphatic carboxylic acids is 1. The number of carboxylic acids is 1. The number of carboxylic acid groups (broad SMARTS) is 1. The molecule has 1 rings (SSSR count). The average molecular weight is 186 g/mol. The van der Waals surface area contributed by atoms with Crippen molar-refractivity contribution >= 4 is 5.97 Å². The van der Waals surface area contributed by atoms with Gasteiger partial charge in [0.15, 0.2) is 0 Å². The monoisotopic (exact) mass is 186 g/mol. The average Bonchev–Trinajstić information content (AvgIpc) is 2.50. The van der Waals surface area contributed by atoms with E-state index in [0.29, 0.717) is 0 Å². The van der Waals surface area contributed by atoms with Crippen molar-refractivity contribution < 1.29 is 14.3 Å². The molecule has 4 nitrogen and oxygen atoms in total. The lowest BCUT2D eigenvalue weighted by molar-refractivity contribution is -0.143. The lowest BCUT2D eigenvalue weighted by Gasteiger charge is -2.11. The van der Waals surface area contributed by atoms with E-state index in [1.54, 1.807) is 0 Å². The molecule has 0 amide bonds. The molecule has 1 unspecified atom stereocenters. The van der Waals surface area contributed by atoms with Crippen LogP contribution in [0, 0.1) is 0 Å². The van der Waals surface area contributed by atoms with Gasteiger partial charge < -0.3 is 5.11 Å². The van der Waals surface area contributed by atoms with Crippen molar-refractivity contribution in [1.82, 2.24) is 9.78 Å².